The quantitative estimate of drug-likeness (QED) is 0.708. The monoisotopic (exact) mass is 378 g/mol. The van der Waals surface area contributed by atoms with Gasteiger partial charge in [0, 0.05) is 35.9 Å². The number of halogens is 1. The lowest BCUT2D eigenvalue weighted by molar-refractivity contribution is 0.502. The predicted molar refractivity (Wildman–Crippen MR) is 92.6 cm³/mol. The first-order valence-corrected chi connectivity index (χ1v) is 9.30. The molecular weight excluding hydrogens is 364 g/mol. The van der Waals surface area contributed by atoms with Crippen molar-refractivity contribution in [3.63, 3.8) is 0 Å². The lowest BCUT2D eigenvalue weighted by atomic mass is 10.2. The van der Waals surface area contributed by atoms with Crippen molar-refractivity contribution in [2.75, 3.05) is 6.54 Å². The normalized spacial score (nSPS) is 11.6. The fourth-order valence-electron chi connectivity index (χ4n) is 2.08. The SMILES string of the molecule is Cc1ccc(S(=O)(=O)NCCc2nnc(-c3ccncc3)o2)cc1Cl. The molecule has 1 N–H and O–H groups in total. The van der Waals surface area contributed by atoms with Crippen LogP contribution in [0.1, 0.15) is 11.5 Å². The van der Waals surface area contributed by atoms with Crippen molar-refractivity contribution in [1.29, 1.82) is 0 Å². The van der Waals surface area contributed by atoms with Crippen molar-refractivity contribution in [3.05, 3.63) is 59.2 Å². The Balaban J connectivity index is 1.63. The van der Waals surface area contributed by atoms with E-state index >= 15 is 0 Å². The molecule has 0 saturated heterocycles. The minimum absolute atomic E-state index is 0.117. The van der Waals surface area contributed by atoms with Crippen molar-refractivity contribution in [2.45, 2.75) is 18.2 Å². The second-order valence-corrected chi connectivity index (χ2v) is 7.47. The Morgan fingerprint density at radius 2 is 1.92 bits per heavy atom. The molecule has 1 aromatic carbocycles. The van der Waals surface area contributed by atoms with Crippen LogP contribution in [0.2, 0.25) is 5.02 Å². The lowest BCUT2D eigenvalue weighted by Gasteiger charge is -2.07. The molecule has 7 nitrogen and oxygen atoms in total. The molecule has 0 spiro atoms. The van der Waals surface area contributed by atoms with E-state index in [9.17, 15) is 8.42 Å². The predicted octanol–water partition coefficient (Wildman–Crippen LogP) is 2.61. The number of nitrogens with one attached hydrogen (secondary N) is 1. The van der Waals surface area contributed by atoms with Gasteiger partial charge < -0.3 is 4.42 Å². The van der Waals surface area contributed by atoms with Crippen LogP contribution < -0.4 is 4.72 Å². The first kappa shape index (κ1) is 17.5. The van der Waals surface area contributed by atoms with Gasteiger partial charge in [-0.15, -0.1) is 10.2 Å². The molecule has 0 amide bonds. The molecule has 9 heteroatoms. The second-order valence-electron chi connectivity index (χ2n) is 5.30. The van der Waals surface area contributed by atoms with Crippen LogP contribution in [-0.4, -0.2) is 30.1 Å². The van der Waals surface area contributed by atoms with Crippen LogP contribution >= 0.6 is 11.6 Å². The molecule has 0 atom stereocenters. The lowest BCUT2D eigenvalue weighted by Crippen LogP contribution is -2.26. The Kier molecular flexibility index (Phi) is 5.12. The number of sulfonamides is 1. The van der Waals surface area contributed by atoms with Crippen molar-refractivity contribution >= 4 is 21.6 Å². The minimum atomic E-state index is -3.65. The van der Waals surface area contributed by atoms with Crippen LogP contribution in [0.25, 0.3) is 11.5 Å². The van der Waals surface area contributed by atoms with Gasteiger partial charge in [-0.3, -0.25) is 4.98 Å². The molecule has 0 unspecified atom stereocenters. The van der Waals surface area contributed by atoms with Gasteiger partial charge in [-0.1, -0.05) is 17.7 Å². The Morgan fingerprint density at radius 1 is 1.16 bits per heavy atom. The number of nitrogens with zero attached hydrogens (tertiary/aromatic N) is 3. The highest BCUT2D eigenvalue weighted by molar-refractivity contribution is 7.89. The van der Waals surface area contributed by atoms with Crippen LogP contribution in [0.4, 0.5) is 0 Å². The zero-order valence-electron chi connectivity index (χ0n) is 13.3. The molecule has 0 aliphatic rings. The summed E-state index contributed by atoms with van der Waals surface area (Å²) in [5.41, 5.74) is 1.57. The van der Waals surface area contributed by atoms with Crippen molar-refractivity contribution in [3.8, 4) is 11.5 Å². The van der Waals surface area contributed by atoms with Crippen molar-refractivity contribution in [1.82, 2.24) is 19.9 Å². The second kappa shape index (κ2) is 7.30. The fraction of sp³-hybridized carbons (Fsp3) is 0.188. The number of rotatable bonds is 6. The highest BCUT2D eigenvalue weighted by Gasteiger charge is 2.15. The topological polar surface area (TPSA) is 98.0 Å². The van der Waals surface area contributed by atoms with Gasteiger partial charge in [-0.2, -0.15) is 0 Å². The van der Waals surface area contributed by atoms with E-state index in [1.54, 1.807) is 30.6 Å². The Labute approximate surface area is 150 Å². The standard InChI is InChI=1S/C16H15ClN4O3S/c1-11-2-3-13(10-14(11)17)25(22,23)19-9-6-15-20-21-16(24-15)12-4-7-18-8-5-12/h2-5,7-8,10,19H,6,9H2,1H3. The molecule has 0 aliphatic carbocycles. The van der Waals surface area contributed by atoms with E-state index in [1.165, 1.54) is 12.1 Å². The summed E-state index contributed by atoms with van der Waals surface area (Å²) < 4.78 is 32.6. The first-order valence-electron chi connectivity index (χ1n) is 7.44. The number of pyridine rings is 1. The Hall–Kier alpha value is -2.29. The molecule has 3 rings (SSSR count). The van der Waals surface area contributed by atoms with Crippen molar-refractivity contribution in [2.24, 2.45) is 0 Å². The van der Waals surface area contributed by atoms with Gasteiger partial charge >= 0.3 is 0 Å². The molecule has 2 heterocycles. The van der Waals surface area contributed by atoms with Crippen LogP contribution in [0, 0.1) is 6.92 Å². The highest BCUT2D eigenvalue weighted by atomic mass is 35.5. The molecule has 25 heavy (non-hydrogen) atoms. The van der Waals surface area contributed by atoms with Crippen LogP contribution in [0.3, 0.4) is 0 Å². The van der Waals surface area contributed by atoms with Gasteiger partial charge in [-0.25, -0.2) is 13.1 Å². The Morgan fingerprint density at radius 3 is 2.64 bits per heavy atom. The zero-order valence-corrected chi connectivity index (χ0v) is 14.9. The van der Waals surface area contributed by atoms with E-state index in [0.29, 0.717) is 16.8 Å². The largest absolute Gasteiger partial charge is 0.421 e. The summed E-state index contributed by atoms with van der Waals surface area (Å²) in [6.45, 7) is 1.94. The van der Waals surface area contributed by atoms with E-state index in [4.69, 9.17) is 16.0 Å². The third-order valence-corrected chi connectivity index (χ3v) is 5.34. The third-order valence-electron chi connectivity index (χ3n) is 3.48. The van der Waals surface area contributed by atoms with Gasteiger partial charge in [0.1, 0.15) is 0 Å². The molecular formula is C16H15ClN4O3S. The van der Waals surface area contributed by atoms with Gasteiger partial charge in [0.15, 0.2) is 0 Å². The minimum Gasteiger partial charge on any atom is -0.421 e. The maximum Gasteiger partial charge on any atom is 0.247 e. The van der Waals surface area contributed by atoms with Crippen molar-refractivity contribution < 1.29 is 12.8 Å². The zero-order chi connectivity index (χ0) is 17.9. The molecule has 0 aliphatic heterocycles. The van der Waals surface area contributed by atoms with Crippen LogP contribution in [0.5, 0.6) is 0 Å². The molecule has 0 bridgehead atoms. The van der Waals surface area contributed by atoms with E-state index < -0.39 is 10.0 Å². The number of hydrogen-bond acceptors (Lipinski definition) is 6. The van der Waals surface area contributed by atoms with Gasteiger partial charge in [0.05, 0.1) is 4.90 Å². The number of aryl methyl sites for hydroxylation is 1. The average Bonchev–Trinajstić information content (AvgIpc) is 3.07. The van der Waals surface area contributed by atoms with Gasteiger partial charge in [0.25, 0.3) is 0 Å². The number of hydrogen-bond donors (Lipinski definition) is 1. The molecule has 130 valence electrons. The van der Waals surface area contributed by atoms with Gasteiger partial charge in [-0.05, 0) is 36.8 Å². The molecule has 0 radical (unpaired) electrons. The average molecular weight is 379 g/mol. The smallest absolute Gasteiger partial charge is 0.247 e. The Bertz CT molecular complexity index is 974. The maximum atomic E-state index is 12.3. The maximum absolute atomic E-state index is 12.3. The summed E-state index contributed by atoms with van der Waals surface area (Å²) in [4.78, 5) is 4.04. The highest BCUT2D eigenvalue weighted by Crippen LogP contribution is 2.20. The van der Waals surface area contributed by atoms with E-state index in [-0.39, 0.29) is 17.9 Å². The number of benzene rings is 1. The van der Waals surface area contributed by atoms with Gasteiger partial charge in [0.2, 0.25) is 21.8 Å². The molecule has 0 fully saturated rings. The summed E-state index contributed by atoms with van der Waals surface area (Å²) >= 11 is 5.98. The van der Waals surface area contributed by atoms with E-state index in [0.717, 1.165) is 11.1 Å². The summed E-state index contributed by atoms with van der Waals surface area (Å²) in [5.74, 6) is 0.710. The summed E-state index contributed by atoms with van der Waals surface area (Å²) in [7, 11) is -3.65. The summed E-state index contributed by atoms with van der Waals surface area (Å²) in [5, 5.41) is 8.26. The first-order chi connectivity index (χ1) is 12.0. The summed E-state index contributed by atoms with van der Waals surface area (Å²) in [6, 6.07) is 8.10. The van der Waals surface area contributed by atoms with E-state index in [1.807, 2.05) is 6.92 Å². The molecule has 0 saturated carbocycles. The number of aromatic nitrogens is 3. The van der Waals surface area contributed by atoms with Crippen LogP contribution in [0.15, 0.2) is 52.0 Å². The fourth-order valence-corrected chi connectivity index (χ4v) is 3.39. The summed E-state index contributed by atoms with van der Waals surface area (Å²) in [6.07, 6.45) is 3.52. The van der Waals surface area contributed by atoms with Crippen LogP contribution in [-0.2, 0) is 16.4 Å². The molecule has 3 aromatic rings. The third kappa shape index (κ3) is 4.22. The van der Waals surface area contributed by atoms with E-state index in [2.05, 4.69) is 19.9 Å². The molecule has 2 aromatic heterocycles.